The summed E-state index contributed by atoms with van der Waals surface area (Å²) in [5, 5.41) is 21.5. The number of aliphatic hydroxyl groups excluding tert-OH is 2. The summed E-state index contributed by atoms with van der Waals surface area (Å²) in [5.41, 5.74) is -0.141. The summed E-state index contributed by atoms with van der Waals surface area (Å²) < 4.78 is 37.8. The van der Waals surface area contributed by atoms with E-state index in [9.17, 15) is 33.0 Å². The van der Waals surface area contributed by atoms with E-state index >= 15 is 0 Å². The number of carbonyl (C=O) groups excluding carboxylic acids is 2. The Morgan fingerprint density at radius 3 is 2.04 bits per heavy atom. The van der Waals surface area contributed by atoms with Gasteiger partial charge in [-0.05, 0) is 24.3 Å². The van der Waals surface area contributed by atoms with Gasteiger partial charge in [0.05, 0.1) is 5.56 Å². The second-order valence-corrected chi connectivity index (χ2v) is 5.86. The number of aliphatic hydroxyl groups is 2. The average molecular weight is 375 g/mol. The maximum atomic E-state index is 12.6. The molecule has 1 aromatic rings. The lowest BCUT2D eigenvalue weighted by Gasteiger charge is -2.37. The topological polar surface area (TPSA) is 93.1 Å². The fraction of sp³-hybridized carbons (Fsp3) is 0.500. The van der Waals surface area contributed by atoms with E-state index in [0.29, 0.717) is 18.8 Å². The molecule has 1 aliphatic heterocycles. The molecule has 2 atom stereocenters. The highest BCUT2D eigenvalue weighted by Gasteiger charge is 2.34. The fourth-order valence-corrected chi connectivity index (χ4v) is 2.66. The molecule has 2 rings (SSSR count). The van der Waals surface area contributed by atoms with Crippen molar-refractivity contribution in [2.45, 2.75) is 18.4 Å². The van der Waals surface area contributed by atoms with E-state index in [1.54, 1.807) is 0 Å². The molecule has 7 nitrogen and oxygen atoms in total. The number of hydrogen-bond acceptors (Lipinski definition) is 5. The highest BCUT2D eigenvalue weighted by atomic mass is 19.4. The summed E-state index contributed by atoms with van der Waals surface area (Å²) in [6.45, 7) is 1.11. The molecule has 2 amide bonds. The van der Waals surface area contributed by atoms with Gasteiger partial charge in [-0.2, -0.15) is 13.2 Å². The molecule has 0 aromatic heterocycles. The number of piperazine rings is 1. The van der Waals surface area contributed by atoms with Crippen molar-refractivity contribution in [3.8, 4) is 0 Å². The van der Waals surface area contributed by atoms with E-state index in [-0.39, 0.29) is 13.1 Å². The average Bonchev–Trinajstić information content (AvgIpc) is 2.65. The zero-order chi connectivity index (χ0) is 19.5. The highest BCUT2D eigenvalue weighted by Crippen LogP contribution is 2.30. The molecular weight excluding hydrogens is 355 g/mol. The molecule has 144 valence electrons. The minimum absolute atomic E-state index is 0.206. The van der Waals surface area contributed by atoms with Gasteiger partial charge in [0.1, 0.15) is 0 Å². The van der Waals surface area contributed by atoms with Crippen molar-refractivity contribution in [1.29, 1.82) is 0 Å². The monoisotopic (exact) mass is 375 g/mol. The number of nitrogens with zero attached hydrogens (tertiary/aromatic N) is 2. The van der Waals surface area contributed by atoms with Gasteiger partial charge >= 0.3 is 6.18 Å². The number of halogens is 3. The molecule has 10 heteroatoms. The first-order valence-corrected chi connectivity index (χ1v) is 7.94. The van der Waals surface area contributed by atoms with Crippen LogP contribution in [0.2, 0.25) is 0 Å². The van der Waals surface area contributed by atoms with Gasteiger partial charge in [-0.1, -0.05) is 0 Å². The maximum absolute atomic E-state index is 12.6. The standard InChI is InChI=1S/C16H20F3N3O4/c1-20-14(25)12(23)13(24)15(26)22-8-6-21(7-9-22)11-4-2-10(3-5-11)16(17,18)19/h2-5,12-13,23-24H,6-9H2,1H3,(H,20,25)/t12-,13-/m1/s1. The molecule has 26 heavy (non-hydrogen) atoms. The van der Waals surface area contributed by atoms with Crippen molar-refractivity contribution >= 4 is 17.5 Å². The van der Waals surface area contributed by atoms with E-state index in [1.807, 2.05) is 4.90 Å². The minimum Gasteiger partial charge on any atom is -0.380 e. The van der Waals surface area contributed by atoms with Crippen molar-refractivity contribution in [3.05, 3.63) is 29.8 Å². The number of likely N-dealkylation sites (N-methyl/N-ethyl adjacent to an activating group) is 1. The van der Waals surface area contributed by atoms with Crippen molar-refractivity contribution in [2.75, 3.05) is 38.1 Å². The first-order chi connectivity index (χ1) is 12.1. The van der Waals surface area contributed by atoms with Crippen LogP contribution in [0, 0.1) is 0 Å². The molecule has 0 radical (unpaired) electrons. The summed E-state index contributed by atoms with van der Waals surface area (Å²) in [7, 11) is 1.27. The number of amides is 2. The van der Waals surface area contributed by atoms with Gasteiger partial charge in [0.2, 0.25) is 0 Å². The van der Waals surface area contributed by atoms with Crippen molar-refractivity contribution in [1.82, 2.24) is 10.2 Å². The second kappa shape index (κ2) is 7.92. The number of benzene rings is 1. The van der Waals surface area contributed by atoms with Crippen LogP contribution in [0.5, 0.6) is 0 Å². The summed E-state index contributed by atoms with van der Waals surface area (Å²) in [5.74, 6) is -1.64. The van der Waals surface area contributed by atoms with E-state index < -0.39 is 35.8 Å². The SMILES string of the molecule is CNC(=O)[C@H](O)[C@@H](O)C(=O)N1CCN(c2ccc(C(F)(F)F)cc2)CC1. The number of nitrogens with one attached hydrogen (secondary N) is 1. The Hall–Kier alpha value is -2.33. The van der Waals surface area contributed by atoms with Gasteiger partial charge in [0.15, 0.2) is 12.2 Å². The number of anilines is 1. The van der Waals surface area contributed by atoms with Crippen LogP contribution in [0.4, 0.5) is 18.9 Å². The molecule has 1 fully saturated rings. The quantitative estimate of drug-likeness (QED) is 0.679. The Morgan fingerprint density at radius 1 is 1.04 bits per heavy atom. The first-order valence-electron chi connectivity index (χ1n) is 7.94. The normalized spacial score (nSPS) is 17.6. The zero-order valence-corrected chi connectivity index (χ0v) is 14.0. The van der Waals surface area contributed by atoms with Crippen LogP contribution in [0.3, 0.4) is 0 Å². The summed E-state index contributed by atoms with van der Waals surface area (Å²) in [6, 6.07) is 4.72. The number of hydrogen-bond donors (Lipinski definition) is 3. The van der Waals surface area contributed by atoms with E-state index in [4.69, 9.17) is 0 Å². The third kappa shape index (κ3) is 4.44. The predicted octanol–water partition coefficient (Wildman–Crippen LogP) is -0.178. The lowest BCUT2D eigenvalue weighted by molar-refractivity contribution is -0.153. The Balaban J connectivity index is 1.94. The zero-order valence-electron chi connectivity index (χ0n) is 14.0. The van der Waals surface area contributed by atoms with Gasteiger partial charge in [-0.3, -0.25) is 9.59 Å². The van der Waals surface area contributed by atoms with Crippen LogP contribution < -0.4 is 10.2 Å². The molecule has 3 N–H and O–H groups in total. The Bertz CT molecular complexity index is 643. The molecule has 0 saturated carbocycles. The number of carbonyl (C=O) groups is 2. The molecule has 0 spiro atoms. The van der Waals surface area contributed by atoms with Crippen molar-refractivity contribution < 1.29 is 33.0 Å². The van der Waals surface area contributed by atoms with Crippen LogP contribution in [-0.4, -0.2) is 72.4 Å². The molecule has 1 saturated heterocycles. The molecule has 0 aliphatic carbocycles. The lowest BCUT2D eigenvalue weighted by atomic mass is 10.1. The minimum atomic E-state index is -4.40. The molecule has 0 unspecified atom stereocenters. The maximum Gasteiger partial charge on any atom is 0.416 e. The van der Waals surface area contributed by atoms with E-state index in [2.05, 4.69) is 5.32 Å². The number of rotatable bonds is 4. The van der Waals surface area contributed by atoms with Crippen LogP contribution in [0.25, 0.3) is 0 Å². The van der Waals surface area contributed by atoms with Gasteiger partial charge < -0.3 is 25.3 Å². The largest absolute Gasteiger partial charge is 0.416 e. The van der Waals surface area contributed by atoms with Crippen LogP contribution in [-0.2, 0) is 15.8 Å². The molecule has 1 aromatic carbocycles. The molecule has 0 bridgehead atoms. The first kappa shape index (κ1) is 20.0. The van der Waals surface area contributed by atoms with Crippen LogP contribution in [0.15, 0.2) is 24.3 Å². The molecule has 1 aliphatic rings. The molecule has 1 heterocycles. The predicted molar refractivity (Wildman–Crippen MR) is 86.3 cm³/mol. The second-order valence-electron chi connectivity index (χ2n) is 5.86. The van der Waals surface area contributed by atoms with E-state index in [0.717, 1.165) is 12.1 Å². The smallest absolute Gasteiger partial charge is 0.380 e. The third-order valence-electron chi connectivity index (χ3n) is 4.22. The van der Waals surface area contributed by atoms with Crippen LogP contribution >= 0.6 is 0 Å². The summed E-state index contributed by atoms with van der Waals surface area (Å²) >= 11 is 0. The molecular formula is C16H20F3N3O4. The van der Waals surface area contributed by atoms with Crippen molar-refractivity contribution in [2.24, 2.45) is 0 Å². The summed E-state index contributed by atoms with van der Waals surface area (Å²) in [4.78, 5) is 26.6. The van der Waals surface area contributed by atoms with E-state index in [1.165, 1.54) is 24.1 Å². The number of alkyl halides is 3. The lowest BCUT2D eigenvalue weighted by Crippen LogP contribution is -2.55. The van der Waals surface area contributed by atoms with Gasteiger partial charge in [-0.25, -0.2) is 0 Å². The Morgan fingerprint density at radius 2 is 1.58 bits per heavy atom. The summed E-state index contributed by atoms with van der Waals surface area (Å²) in [6.07, 6.45) is -8.13. The van der Waals surface area contributed by atoms with Gasteiger partial charge in [-0.15, -0.1) is 0 Å². The highest BCUT2D eigenvalue weighted by molar-refractivity contribution is 5.90. The van der Waals surface area contributed by atoms with Crippen molar-refractivity contribution in [3.63, 3.8) is 0 Å². The Labute approximate surface area is 148 Å². The third-order valence-corrected chi connectivity index (χ3v) is 4.22. The van der Waals surface area contributed by atoms with Gasteiger partial charge in [0, 0.05) is 38.9 Å². The fourth-order valence-electron chi connectivity index (χ4n) is 2.66. The van der Waals surface area contributed by atoms with Crippen LogP contribution in [0.1, 0.15) is 5.56 Å². The van der Waals surface area contributed by atoms with Gasteiger partial charge in [0.25, 0.3) is 11.8 Å². The Kier molecular flexibility index (Phi) is 6.09.